The monoisotopic (exact) mass is 287 g/mol. The van der Waals surface area contributed by atoms with Crippen molar-refractivity contribution in [3.05, 3.63) is 35.4 Å². The van der Waals surface area contributed by atoms with Gasteiger partial charge in [0.15, 0.2) is 0 Å². The van der Waals surface area contributed by atoms with E-state index in [1.165, 1.54) is 0 Å². The van der Waals surface area contributed by atoms with Crippen LogP contribution in [0.1, 0.15) is 41.6 Å². The number of benzene rings is 1. The highest BCUT2D eigenvalue weighted by molar-refractivity contribution is 5.94. The lowest BCUT2D eigenvalue weighted by molar-refractivity contribution is -0.0679. The van der Waals surface area contributed by atoms with Gasteiger partial charge in [-0.1, -0.05) is 17.9 Å². The number of hydrogen-bond acceptors (Lipinski definition) is 3. The van der Waals surface area contributed by atoms with Crippen LogP contribution in [0.2, 0.25) is 0 Å². The molecule has 4 nitrogen and oxygen atoms in total. The first-order valence-corrected chi connectivity index (χ1v) is 7.22. The summed E-state index contributed by atoms with van der Waals surface area (Å²) in [6.45, 7) is 0.592. The Balaban J connectivity index is 1.96. The van der Waals surface area contributed by atoms with Crippen molar-refractivity contribution in [2.24, 2.45) is 0 Å². The summed E-state index contributed by atoms with van der Waals surface area (Å²) in [5.41, 5.74) is 1.20. The van der Waals surface area contributed by atoms with E-state index in [1.807, 2.05) is 12.1 Å². The summed E-state index contributed by atoms with van der Waals surface area (Å²) in [5, 5.41) is 11.6. The second-order valence-corrected chi connectivity index (χ2v) is 5.28. The van der Waals surface area contributed by atoms with E-state index in [1.54, 1.807) is 19.2 Å². The van der Waals surface area contributed by atoms with Crippen LogP contribution >= 0.6 is 0 Å². The third-order valence-electron chi connectivity index (χ3n) is 3.86. The van der Waals surface area contributed by atoms with Gasteiger partial charge >= 0.3 is 0 Å². The van der Waals surface area contributed by atoms with E-state index in [-0.39, 0.29) is 18.1 Å². The first kappa shape index (κ1) is 15.6. The molecule has 0 spiro atoms. The number of ether oxygens (including phenoxy) is 1. The molecule has 1 aromatic rings. The van der Waals surface area contributed by atoms with Crippen LogP contribution in [0, 0.1) is 11.8 Å². The van der Waals surface area contributed by atoms with Crippen molar-refractivity contribution in [1.82, 2.24) is 5.32 Å². The van der Waals surface area contributed by atoms with Gasteiger partial charge in [0.1, 0.15) is 0 Å². The summed E-state index contributed by atoms with van der Waals surface area (Å²) in [6, 6.07) is 7.20. The predicted octanol–water partition coefficient (Wildman–Crippen LogP) is 1.72. The molecule has 0 heterocycles. The summed E-state index contributed by atoms with van der Waals surface area (Å²) < 4.78 is 5.49. The van der Waals surface area contributed by atoms with E-state index in [0.29, 0.717) is 18.5 Å². The summed E-state index contributed by atoms with van der Waals surface area (Å²) in [5.74, 6) is 5.67. The van der Waals surface area contributed by atoms with Crippen LogP contribution < -0.4 is 5.32 Å². The summed E-state index contributed by atoms with van der Waals surface area (Å²) in [4.78, 5) is 12.2. The van der Waals surface area contributed by atoms with E-state index in [4.69, 9.17) is 9.84 Å². The van der Waals surface area contributed by atoms with Crippen LogP contribution in [0.4, 0.5) is 0 Å². The number of aliphatic hydroxyl groups is 1. The molecule has 0 bridgehead atoms. The number of hydrogen-bond donors (Lipinski definition) is 2. The highest BCUT2D eigenvalue weighted by Crippen LogP contribution is 2.34. The number of methoxy groups -OCH3 is 1. The second kappa shape index (κ2) is 7.26. The van der Waals surface area contributed by atoms with Crippen molar-refractivity contribution in [3.8, 4) is 11.8 Å². The van der Waals surface area contributed by atoms with Crippen molar-refractivity contribution in [1.29, 1.82) is 0 Å². The number of carbonyl (C=O) groups is 1. The quantitative estimate of drug-likeness (QED) is 0.811. The predicted molar refractivity (Wildman–Crippen MR) is 80.9 cm³/mol. The van der Waals surface area contributed by atoms with Gasteiger partial charge in [-0.25, -0.2) is 0 Å². The third kappa shape index (κ3) is 4.07. The zero-order chi connectivity index (χ0) is 15.1. The molecule has 0 unspecified atom stereocenters. The molecule has 0 atom stereocenters. The van der Waals surface area contributed by atoms with Crippen molar-refractivity contribution in [2.45, 2.75) is 31.3 Å². The topological polar surface area (TPSA) is 58.6 Å². The van der Waals surface area contributed by atoms with Crippen LogP contribution in [0.5, 0.6) is 0 Å². The van der Waals surface area contributed by atoms with Gasteiger partial charge in [0, 0.05) is 31.2 Å². The summed E-state index contributed by atoms with van der Waals surface area (Å²) in [6.07, 6.45) is 3.58. The molecule has 0 aliphatic heterocycles. The van der Waals surface area contributed by atoms with Gasteiger partial charge in [0.25, 0.3) is 5.91 Å². The fourth-order valence-electron chi connectivity index (χ4n) is 2.33. The van der Waals surface area contributed by atoms with Gasteiger partial charge in [-0.3, -0.25) is 4.79 Å². The van der Waals surface area contributed by atoms with E-state index in [0.717, 1.165) is 24.8 Å². The lowest BCUT2D eigenvalue weighted by Gasteiger charge is -2.40. The van der Waals surface area contributed by atoms with Gasteiger partial charge in [0.05, 0.1) is 12.2 Å². The zero-order valence-electron chi connectivity index (χ0n) is 12.3. The normalized spacial score (nSPS) is 15.5. The number of carbonyl (C=O) groups excluding carboxylic acids is 1. The third-order valence-corrected chi connectivity index (χ3v) is 3.86. The molecule has 21 heavy (non-hydrogen) atoms. The number of nitrogens with one attached hydrogen (secondary N) is 1. The Morgan fingerprint density at radius 1 is 1.48 bits per heavy atom. The average Bonchev–Trinajstić information content (AvgIpc) is 2.47. The molecule has 0 aromatic heterocycles. The zero-order valence-corrected chi connectivity index (χ0v) is 12.3. The van der Waals surface area contributed by atoms with Crippen LogP contribution in [-0.4, -0.2) is 36.9 Å². The Kier molecular flexibility index (Phi) is 5.38. The molecule has 1 saturated carbocycles. The average molecular weight is 287 g/mol. The Morgan fingerprint density at radius 3 is 2.90 bits per heavy atom. The molecule has 1 fully saturated rings. The molecule has 1 aliphatic carbocycles. The van der Waals surface area contributed by atoms with E-state index < -0.39 is 0 Å². The van der Waals surface area contributed by atoms with E-state index in [9.17, 15) is 4.79 Å². The lowest BCUT2D eigenvalue weighted by atomic mass is 9.80. The minimum Gasteiger partial charge on any atom is -0.395 e. The maximum atomic E-state index is 12.2. The first-order chi connectivity index (χ1) is 10.2. The van der Waals surface area contributed by atoms with Crippen LogP contribution in [0.25, 0.3) is 0 Å². The Labute approximate surface area is 125 Å². The molecule has 0 saturated heterocycles. The maximum absolute atomic E-state index is 12.2. The van der Waals surface area contributed by atoms with Crippen molar-refractivity contribution in [3.63, 3.8) is 0 Å². The molecule has 2 rings (SSSR count). The first-order valence-electron chi connectivity index (χ1n) is 7.22. The fraction of sp³-hybridized carbons (Fsp3) is 0.471. The van der Waals surface area contributed by atoms with Crippen molar-refractivity contribution in [2.75, 3.05) is 20.3 Å². The standard InChI is InChI=1S/C17H21NO3/c1-21-17(9-5-10-17)13-18-16(20)15-8-4-7-14(12-15)6-2-3-11-19/h4,7-8,12,19H,3,5,9-11,13H2,1H3,(H,18,20). The SMILES string of the molecule is COC1(CNC(=O)c2cccc(C#CCCO)c2)CCC1. The molecular weight excluding hydrogens is 266 g/mol. The Bertz CT molecular complexity index is 547. The molecule has 4 heteroatoms. The van der Waals surface area contributed by atoms with E-state index >= 15 is 0 Å². The van der Waals surface area contributed by atoms with Crippen LogP contribution in [0.3, 0.4) is 0 Å². The molecule has 1 aliphatic rings. The molecular formula is C17H21NO3. The Hall–Kier alpha value is -1.83. The lowest BCUT2D eigenvalue weighted by Crippen LogP contribution is -2.49. The minimum absolute atomic E-state index is 0.0479. The van der Waals surface area contributed by atoms with Gasteiger partial charge in [-0.2, -0.15) is 0 Å². The van der Waals surface area contributed by atoms with Crippen molar-refractivity contribution >= 4 is 5.91 Å². The van der Waals surface area contributed by atoms with Gasteiger partial charge in [-0.05, 0) is 37.5 Å². The molecule has 0 radical (unpaired) electrons. The second-order valence-electron chi connectivity index (χ2n) is 5.28. The fourth-order valence-corrected chi connectivity index (χ4v) is 2.33. The van der Waals surface area contributed by atoms with Gasteiger partial charge < -0.3 is 15.2 Å². The summed E-state index contributed by atoms with van der Waals surface area (Å²) >= 11 is 0. The highest BCUT2D eigenvalue weighted by Gasteiger charge is 2.37. The Morgan fingerprint density at radius 2 is 2.29 bits per heavy atom. The highest BCUT2D eigenvalue weighted by atomic mass is 16.5. The molecule has 1 aromatic carbocycles. The molecule has 1 amide bonds. The number of rotatable bonds is 5. The van der Waals surface area contributed by atoms with E-state index in [2.05, 4.69) is 17.2 Å². The largest absolute Gasteiger partial charge is 0.395 e. The minimum atomic E-state index is -0.172. The van der Waals surface area contributed by atoms with Gasteiger partial charge in [-0.15, -0.1) is 0 Å². The molecule has 112 valence electrons. The van der Waals surface area contributed by atoms with Gasteiger partial charge in [0.2, 0.25) is 0 Å². The number of amides is 1. The molecule has 2 N–H and O–H groups in total. The maximum Gasteiger partial charge on any atom is 0.251 e. The van der Waals surface area contributed by atoms with Crippen LogP contribution in [0.15, 0.2) is 24.3 Å². The number of aliphatic hydroxyl groups excluding tert-OH is 1. The van der Waals surface area contributed by atoms with Crippen LogP contribution in [-0.2, 0) is 4.74 Å². The smallest absolute Gasteiger partial charge is 0.251 e. The van der Waals surface area contributed by atoms with Crippen molar-refractivity contribution < 1.29 is 14.6 Å². The summed E-state index contributed by atoms with van der Waals surface area (Å²) in [7, 11) is 1.70.